The number of benzene rings is 2. The molecule has 4 aromatic rings. The predicted molar refractivity (Wildman–Crippen MR) is 147 cm³/mol. The molecule has 2 N–H and O–H groups in total. The Morgan fingerprint density at radius 2 is 1.78 bits per heavy atom. The van der Waals surface area contributed by atoms with Gasteiger partial charge >= 0.3 is 5.97 Å². The molecule has 4 rings (SSSR count). The third-order valence-corrected chi connectivity index (χ3v) is 7.43. The molecule has 7 nitrogen and oxygen atoms in total. The van der Waals surface area contributed by atoms with Gasteiger partial charge in [-0.05, 0) is 72.0 Å². The summed E-state index contributed by atoms with van der Waals surface area (Å²) in [5.41, 5.74) is 4.37. The van der Waals surface area contributed by atoms with Crippen LogP contribution in [0.4, 0.5) is 0 Å². The maximum atomic E-state index is 13.6. The van der Waals surface area contributed by atoms with Crippen molar-refractivity contribution >= 4 is 34.1 Å². The quantitative estimate of drug-likeness (QED) is 0.298. The first-order chi connectivity index (χ1) is 17.7. The summed E-state index contributed by atoms with van der Waals surface area (Å²) >= 11 is 1.52. The van der Waals surface area contributed by atoms with Crippen LogP contribution >= 0.6 is 11.3 Å². The summed E-state index contributed by atoms with van der Waals surface area (Å²) in [6, 6.07) is 13.5. The number of carboxylic acid groups (broad SMARTS) is 1. The van der Waals surface area contributed by atoms with Gasteiger partial charge in [0.25, 0.3) is 5.56 Å². The van der Waals surface area contributed by atoms with Gasteiger partial charge in [-0.25, -0.2) is 4.98 Å². The smallest absolute Gasteiger partial charge is 0.305 e. The molecule has 1 amide bonds. The normalized spacial score (nSPS) is 13.0. The zero-order chi connectivity index (χ0) is 26.7. The number of aliphatic carboxylic acids is 1. The van der Waals surface area contributed by atoms with Crippen LogP contribution in [0, 0.1) is 19.8 Å². The number of nitrogens with zero attached hydrogens (tertiary/aromatic N) is 2. The second-order valence-corrected chi connectivity index (χ2v) is 10.7. The predicted octanol–water partition coefficient (Wildman–Crippen LogP) is 5.66. The first-order valence-corrected chi connectivity index (χ1v) is 13.2. The highest BCUT2D eigenvalue weighted by Crippen LogP contribution is 2.35. The van der Waals surface area contributed by atoms with E-state index in [1.165, 1.54) is 22.2 Å². The van der Waals surface area contributed by atoms with Crippen molar-refractivity contribution < 1.29 is 14.7 Å². The summed E-state index contributed by atoms with van der Waals surface area (Å²) in [5, 5.41) is 14.9. The van der Waals surface area contributed by atoms with Crippen LogP contribution in [0.1, 0.15) is 55.5 Å². The molecule has 0 aliphatic rings. The van der Waals surface area contributed by atoms with E-state index in [0.29, 0.717) is 17.3 Å². The molecule has 0 aliphatic heterocycles. The topological polar surface area (TPSA) is 101 Å². The van der Waals surface area contributed by atoms with Gasteiger partial charge in [0.15, 0.2) is 0 Å². The molecule has 0 unspecified atom stereocenters. The molecule has 0 fully saturated rings. The molecule has 0 spiro atoms. The minimum Gasteiger partial charge on any atom is -0.481 e. The number of carbonyl (C=O) groups excluding carboxylic acids is 1. The second kappa shape index (κ2) is 11.1. The average Bonchev–Trinajstić information content (AvgIpc) is 3.32. The van der Waals surface area contributed by atoms with E-state index < -0.39 is 24.0 Å². The number of nitrogens with one attached hydrogen (secondary N) is 1. The first-order valence-electron chi connectivity index (χ1n) is 12.3. The van der Waals surface area contributed by atoms with Crippen LogP contribution < -0.4 is 10.9 Å². The Morgan fingerprint density at radius 3 is 2.46 bits per heavy atom. The lowest BCUT2D eigenvalue weighted by Crippen LogP contribution is -2.40. The lowest BCUT2D eigenvalue weighted by atomic mass is 9.99. The summed E-state index contributed by atoms with van der Waals surface area (Å²) in [5.74, 6) is -1.31. The van der Waals surface area contributed by atoms with E-state index in [4.69, 9.17) is 0 Å². The number of fused-ring (bicyclic) bond motifs is 1. The molecule has 0 radical (unpaired) electrons. The second-order valence-electron chi connectivity index (χ2n) is 9.79. The van der Waals surface area contributed by atoms with E-state index >= 15 is 0 Å². The molecule has 37 heavy (non-hydrogen) atoms. The lowest BCUT2D eigenvalue weighted by Gasteiger charge is -2.24. The fourth-order valence-corrected chi connectivity index (χ4v) is 5.80. The van der Waals surface area contributed by atoms with E-state index in [0.717, 1.165) is 27.1 Å². The van der Waals surface area contributed by atoms with E-state index in [1.54, 1.807) is 18.2 Å². The molecular weight excluding hydrogens is 486 g/mol. The average molecular weight is 518 g/mol. The number of carbonyl (C=O) groups is 2. The van der Waals surface area contributed by atoms with Gasteiger partial charge in [0, 0.05) is 4.88 Å². The van der Waals surface area contributed by atoms with Crippen LogP contribution in [-0.4, -0.2) is 26.5 Å². The molecule has 0 aliphatic carbocycles. The Labute approximate surface area is 219 Å². The van der Waals surface area contributed by atoms with Crippen molar-refractivity contribution in [2.75, 3.05) is 0 Å². The molecule has 0 saturated carbocycles. The number of amides is 1. The monoisotopic (exact) mass is 517 g/mol. The Hall–Kier alpha value is -3.78. The van der Waals surface area contributed by atoms with Crippen LogP contribution in [0.2, 0.25) is 0 Å². The van der Waals surface area contributed by atoms with Gasteiger partial charge in [-0.3, -0.25) is 19.0 Å². The number of aromatic nitrogens is 2. The molecule has 192 valence electrons. The van der Waals surface area contributed by atoms with Crippen molar-refractivity contribution in [3.8, 4) is 10.4 Å². The number of carboxylic acids is 1. The van der Waals surface area contributed by atoms with Gasteiger partial charge in [-0.1, -0.05) is 44.2 Å². The number of thiophene rings is 1. The number of para-hydroxylation sites is 1. The van der Waals surface area contributed by atoms with Gasteiger partial charge in [-0.2, -0.15) is 0 Å². The highest BCUT2D eigenvalue weighted by atomic mass is 32.1. The lowest BCUT2D eigenvalue weighted by molar-refractivity contribution is -0.138. The standard InChI is InChI=1S/C29H31N3O4S/c1-17(2)12-24(32-16-30-22-11-6-5-10-21(22)29(32)36)28(35)31-23(14-26(33)34)20-13-25(37-15-20)27-18(3)8-7-9-19(27)4/h5-11,13,15-17,23-24H,12,14H2,1-4H3,(H,31,35)(H,33,34)/t23-,24+/m0/s1. The molecule has 8 heteroatoms. The van der Waals surface area contributed by atoms with Crippen LogP contribution in [0.25, 0.3) is 21.3 Å². The summed E-state index contributed by atoms with van der Waals surface area (Å²) in [4.78, 5) is 44.0. The van der Waals surface area contributed by atoms with Crippen molar-refractivity contribution in [3.05, 3.63) is 87.3 Å². The number of hydrogen-bond donors (Lipinski definition) is 2. The van der Waals surface area contributed by atoms with Crippen LogP contribution in [0.15, 0.2) is 65.0 Å². The highest BCUT2D eigenvalue weighted by molar-refractivity contribution is 7.13. The van der Waals surface area contributed by atoms with Gasteiger partial charge in [-0.15, -0.1) is 11.3 Å². The van der Waals surface area contributed by atoms with Crippen molar-refractivity contribution in [3.63, 3.8) is 0 Å². The maximum Gasteiger partial charge on any atom is 0.305 e. The maximum absolute atomic E-state index is 13.6. The Balaban J connectivity index is 1.68. The molecular formula is C29H31N3O4S. The van der Waals surface area contributed by atoms with E-state index in [2.05, 4.69) is 10.3 Å². The summed E-state index contributed by atoms with van der Waals surface area (Å²) < 4.78 is 1.37. The van der Waals surface area contributed by atoms with Crippen LogP contribution in [0.5, 0.6) is 0 Å². The largest absolute Gasteiger partial charge is 0.481 e. The highest BCUT2D eigenvalue weighted by Gasteiger charge is 2.28. The van der Waals surface area contributed by atoms with Gasteiger partial charge < -0.3 is 10.4 Å². The SMILES string of the molecule is Cc1cccc(C)c1-c1cc([C@H](CC(=O)O)NC(=O)[C@@H](CC(C)C)n2cnc3ccccc3c2=O)cs1. The van der Waals surface area contributed by atoms with E-state index in [9.17, 15) is 19.5 Å². The zero-order valence-electron chi connectivity index (χ0n) is 21.4. The van der Waals surface area contributed by atoms with Gasteiger partial charge in [0.2, 0.25) is 5.91 Å². The van der Waals surface area contributed by atoms with E-state index in [-0.39, 0.29) is 17.9 Å². The van der Waals surface area contributed by atoms with Crippen molar-refractivity contribution in [2.45, 2.75) is 52.6 Å². The molecule has 2 heterocycles. The third-order valence-electron chi connectivity index (χ3n) is 6.47. The van der Waals surface area contributed by atoms with Crippen molar-refractivity contribution in [2.24, 2.45) is 5.92 Å². The molecule has 2 aromatic heterocycles. The molecule has 2 atom stereocenters. The van der Waals surface area contributed by atoms with Crippen LogP contribution in [-0.2, 0) is 9.59 Å². The molecule has 0 saturated heterocycles. The molecule has 0 bridgehead atoms. The van der Waals surface area contributed by atoms with E-state index in [1.807, 2.05) is 63.4 Å². The number of hydrogen-bond acceptors (Lipinski definition) is 5. The summed E-state index contributed by atoms with van der Waals surface area (Å²) in [7, 11) is 0. The number of rotatable bonds is 9. The summed E-state index contributed by atoms with van der Waals surface area (Å²) in [6.07, 6.45) is 1.55. The van der Waals surface area contributed by atoms with Crippen molar-refractivity contribution in [1.82, 2.24) is 14.9 Å². The Kier molecular flexibility index (Phi) is 7.88. The Bertz CT molecular complexity index is 1480. The number of aryl methyl sites for hydroxylation is 2. The third kappa shape index (κ3) is 5.80. The minimum atomic E-state index is -1.02. The van der Waals surface area contributed by atoms with Gasteiger partial charge in [0.05, 0.1) is 29.7 Å². The van der Waals surface area contributed by atoms with Crippen LogP contribution in [0.3, 0.4) is 0 Å². The zero-order valence-corrected chi connectivity index (χ0v) is 22.2. The minimum absolute atomic E-state index is 0.115. The van der Waals surface area contributed by atoms with Crippen molar-refractivity contribution in [1.29, 1.82) is 0 Å². The summed E-state index contributed by atoms with van der Waals surface area (Å²) in [6.45, 7) is 8.04. The first kappa shape index (κ1) is 26.3. The fourth-order valence-electron chi connectivity index (χ4n) is 4.66. The fraction of sp³-hybridized carbons (Fsp3) is 0.310. The Morgan fingerprint density at radius 1 is 1.08 bits per heavy atom. The molecule has 2 aromatic carbocycles. The van der Waals surface area contributed by atoms with Gasteiger partial charge in [0.1, 0.15) is 6.04 Å².